The molecule has 0 aliphatic heterocycles. The van der Waals surface area contributed by atoms with Crippen LogP contribution in [0.2, 0.25) is 0 Å². The Morgan fingerprint density at radius 3 is 2.61 bits per heavy atom. The van der Waals surface area contributed by atoms with Gasteiger partial charge in [0.05, 0.1) is 30.7 Å². The molecule has 1 amide bonds. The number of halogens is 1. The first-order valence-electron chi connectivity index (χ1n) is 9.05. The van der Waals surface area contributed by atoms with Crippen molar-refractivity contribution in [2.45, 2.75) is 30.2 Å². The molecule has 8 nitrogen and oxygen atoms in total. The summed E-state index contributed by atoms with van der Waals surface area (Å²) in [6.45, 7) is 4.36. The summed E-state index contributed by atoms with van der Waals surface area (Å²) in [5, 5.41) is 29.0. The lowest BCUT2D eigenvalue weighted by molar-refractivity contribution is -0.120. The number of nitrogens with one attached hydrogen (secondary N) is 1. The Bertz CT molecular complexity index is 722. The molecule has 1 unspecified atom stereocenters. The molecule has 0 spiro atoms. The van der Waals surface area contributed by atoms with Gasteiger partial charge in [0.15, 0.2) is 0 Å². The molecular formula is C18H26BrN5O3S. The number of rotatable bonds is 12. The number of aliphatic hydroxyl groups is 2. The predicted octanol–water partition coefficient (Wildman–Crippen LogP) is 1.12. The third-order valence-electron chi connectivity index (χ3n) is 3.94. The number of benzene rings is 1. The number of thioether (sulfide) groups is 1. The molecule has 1 aromatic heterocycles. The van der Waals surface area contributed by atoms with Crippen molar-refractivity contribution >= 4 is 33.6 Å². The van der Waals surface area contributed by atoms with E-state index < -0.39 is 0 Å². The van der Waals surface area contributed by atoms with Gasteiger partial charge in [-0.15, -0.1) is 16.9 Å². The van der Waals surface area contributed by atoms with Gasteiger partial charge in [-0.25, -0.2) is 0 Å². The van der Waals surface area contributed by atoms with Gasteiger partial charge in [0.25, 0.3) is 0 Å². The second kappa shape index (κ2) is 12.2. The van der Waals surface area contributed by atoms with E-state index in [0.29, 0.717) is 32.7 Å². The van der Waals surface area contributed by atoms with Crippen LogP contribution in [0.5, 0.6) is 0 Å². The first-order valence-corrected chi connectivity index (χ1v) is 10.7. The molecular weight excluding hydrogens is 446 g/mol. The topological polar surface area (TPSA) is 104 Å². The molecule has 0 saturated carbocycles. The summed E-state index contributed by atoms with van der Waals surface area (Å²) < 4.78 is 2.69. The summed E-state index contributed by atoms with van der Waals surface area (Å²) in [6, 6.07) is 7.87. The fraction of sp³-hybridized carbons (Fsp3) is 0.500. The minimum Gasteiger partial charge on any atom is -0.395 e. The van der Waals surface area contributed by atoms with E-state index in [1.165, 1.54) is 11.8 Å². The zero-order valence-corrected chi connectivity index (χ0v) is 18.2. The van der Waals surface area contributed by atoms with E-state index in [1.807, 2.05) is 42.3 Å². The van der Waals surface area contributed by atoms with Crippen molar-refractivity contribution in [2.75, 3.05) is 32.8 Å². The van der Waals surface area contributed by atoms with Crippen LogP contribution in [0.4, 0.5) is 0 Å². The first kappa shape index (κ1) is 22.8. The molecule has 2 aromatic rings. The van der Waals surface area contributed by atoms with Gasteiger partial charge in [-0.1, -0.05) is 21.1 Å². The smallest absolute Gasteiger partial charge is 0.233 e. The molecule has 0 bridgehead atoms. The lowest BCUT2D eigenvalue weighted by Crippen LogP contribution is -2.33. The molecule has 0 aliphatic carbocycles. The highest BCUT2D eigenvalue weighted by molar-refractivity contribution is 9.10. The van der Waals surface area contributed by atoms with E-state index in [1.54, 1.807) is 4.68 Å². The number of carbonyl (C=O) groups excluding carboxylic acids is 1. The van der Waals surface area contributed by atoms with Crippen LogP contribution in [0.3, 0.4) is 0 Å². The van der Waals surface area contributed by atoms with E-state index in [0.717, 1.165) is 15.1 Å². The van der Waals surface area contributed by atoms with Crippen molar-refractivity contribution in [1.82, 2.24) is 25.2 Å². The molecule has 10 heteroatoms. The van der Waals surface area contributed by atoms with Crippen molar-refractivity contribution in [1.29, 1.82) is 0 Å². The summed E-state index contributed by atoms with van der Waals surface area (Å²) in [5.41, 5.74) is 0.757. The summed E-state index contributed by atoms with van der Waals surface area (Å²) >= 11 is 4.91. The van der Waals surface area contributed by atoms with Crippen LogP contribution in [0, 0.1) is 0 Å². The normalized spacial score (nSPS) is 12.3. The second-order valence-corrected chi connectivity index (χ2v) is 8.53. The quantitative estimate of drug-likeness (QED) is 0.398. The van der Waals surface area contributed by atoms with E-state index in [4.69, 9.17) is 10.2 Å². The molecule has 3 N–H and O–H groups in total. The zero-order chi connectivity index (χ0) is 20.4. The molecule has 0 fully saturated rings. The zero-order valence-electron chi connectivity index (χ0n) is 15.8. The van der Waals surface area contributed by atoms with Crippen LogP contribution >= 0.6 is 27.7 Å². The third-order valence-corrected chi connectivity index (χ3v) is 5.58. The maximum Gasteiger partial charge on any atom is 0.233 e. The van der Waals surface area contributed by atoms with Gasteiger partial charge in [-0.2, -0.15) is 0 Å². The summed E-state index contributed by atoms with van der Waals surface area (Å²) in [6.07, 6.45) is 1.81. The Labute approximate surface area is 177 Å². The van der Waals surface area contributed by atoms with Gasteiger partial charge in [0, 0.05) is 41.7 Å². The van der Waals surface area contributed by atoms with Crippen molar-refractivity contribution in [3.05, 3.63) is 40.6 Å². The maximum atomic E-state index is 12.3. The Kier molecular flexibility index (Phi) is 9.93. The van der Waals surface area contributed by atoms with Gasteiger partial charge in [-0.3, -0.25) is 14.4 Å². The van der Waals surface area contributed by atoms with Gasteiger partial charge in [-0.05, 0) is 31.2 Å². The number of carbonyl (C=O) groups is 1. The van der Waals surface area contributed by atoms with Crippen LogP contribution in [-0.4, -0.2) is 74.1 Å². The molecule has 1 aromatic carbocycles. The molecule has 0 saturated heterocycles. The minimum atomic E-state index is -0.196. The van der Waals surface area contributed by atoms with Gasteiger partial charge in [0.1, 0.15) is 0 Å². The molecule has 0 radical (unpaired) electrons. The van der Waals surface area contributed by atoms with Gasteiger partial charge >= 0.3 is 0 Å². The molecule has 1 heterocycles. The number of amides is 1. The van der Waals surface area contributed by atoms with Gasteiger partial charge in [0.2, 0.25) is 5.91 Å². The van der Waals surface area contributed by atoms with Crippen molar-refractivity contribution < 1.29 is 15.0 Å². The highest BCUT2D eigenvalue weighted by Crippen LogP contribution is 2.24. The van der Waals surface area contributed by atoms with Crippen molar-refractivity contribution in [2.24, 2.45) is 0 Å². The molecule has 1 atom stereocenters. The largest absolute Gasteiger partial charge is 0.395 e. The monoisotopic (exact) mass is 471 g/mol. The highest BCUT2D eigenvalue weighted by Gasteiger charge is 2.14. The highest BCUT2D eigenvalue weighted by atomic mass is 79.9. The standard InChI is InChI=1S/C18H26BrN5O3S/c1-14(28-17-4-2-15(19)3-5-17)18(27)20-6-7-24-13-16(21-22-24)12-23(8-10-25)9-11-26/h2-5,13-14,25-26H,6-12H2,1H3,(H,20,27). The fourth-order valence-electron chi connectivity index (χ4n) is 2.51. The molecule has 0 aliphatic rings. The number of aliphatic hydroxyl groups excluding tert-OH is 2. The van der Waals surface area contributed by atoms with Gasteiger partial charge < -0.3 is 15.5 Å². The minimum absolute atomic E-state index is 0.0228. The summed E-state index contributed by atoms with van der Waals surface area (Å²) in [4.78, 5) is 15.2. The lowest BCUT2D eigenvalue weighted by Gasteiger charge is -2.18. The number of nitrogens with zero attached hydrogens (tertiary/aromatic N) is 4. The fourth-order valence-corrected chi connectivity index (χ4v) is 3.67. The SMILES string of the molecule is CC(Sc1ccc(Br)cc1)C(=O)NCCn1cc(CN(CCO)CCO)nn1. The number of hydrogen-bond donors (Lipinski definition) is 3. The van der Waals surface area contributed by atoms with E-state index in [9.17, 15) is 4.79 Å². The average Bonchev–Trinajstić information content (AvgIpc) is 3.11. The third kappa shape index (κ3) is 7.88. The van der Waals surface area contributed by atoms with Crippen LogP contribution in [-0.2, 0) is 17.9 Å². The van der Waals surface area contributed by atoms with Crippen molar-refractivity contribution in [3.8, 4) is 0 Å². The average molecular weight is 472 g/mol. The van der Waals surface area contributed by atoms with Crippen LogP contribution in [0.15, 0.2) is 39.8 Å². The van der Waals surface area contributed by atoms with Crippen molar-refractivity contribution in [3.63, 3.8) is 0 Å². The Morgan fingerprint density at radius 1 is 1.29 bits per heavy atom. The Hall–Kier alpha value is -1.46. The molecule has 28 heavy (non-hydrogen) atoms. The van der Waals surface area contributed by atoms with Crippen LogP contribution < -0.4 is 5.32 Å². The Balaban J connectivity index is 1.74. The lowest BCUT2D eigenvalue weighted by atomic mass is 10.4. The maximum absolute atomic E-state index is 12.3. The number of hydrogen-bond acceptors (Lipinski definition) is 7. The van der Waals surface area contributed by atoms with E-state index in [2.05, 4.69) is 31.6 Å². The summed E-state index contributed by atoms with van der Waals surface area (Å²) in [7, 11) is 0. The Morgan fingerprint density at radius 2 is 1.96 bits per heavy atom. The van der Waals surface area contributed by atoms with E-state index >= 15 is 0 Å². The second-order valence-electron chi connectivity index (χ2n) is 6.20. The van der Waals surface area contributed by atoms with E-state index in [-0.39, 0.29) is 24.4 Å². The molecule has 2 rings (SSSR count). The molecule has 154 valence electrons. The predicted molar refractivity (Wildman–Crippen MR) is 112 cm³/mol. The number of aromatic nitrogens is 3. The van der Waals surface area contributed by atoms with Crippen LogP contribution in [0.25, 0.3) is 0 Å². The first-order chi connectivity index (χ1) is 13.5. The van der Waals surface area contributed by atoms with Crippen LogP contribution in [0.1, 0.15) is 12.6 Å². The summed E-state index contributed by atoms with van der Waals surface area (Å²) in [5.74, 6) is -0.0228.